The molecule has 86 valence electrons. The minimum absolute atomic E-state index is 0.101. The monoisotopic (exact) mass is 214 g/mol. The zero-order valence-electron chi connectivity index (χ0n) is 9.44. The standard InChI is InChI=1S/C10H19BO4/c1-2-3-4-10(12)8-7(15-9(10)11)5-13-6-14-8/h7-9,12H,2-6,11H2,1H3/t7?,8-,9?,10+/m1/s1. The van der Waals surface area contributed by atoms with E-state index in [4.69, 9.17) is 14.2 Å². The maximum Gasteiger partial charge on any atom is 0.147 e. The van der Waals surface area contributed by atoms with Crippen LogP contribution < -0.4 is 0 Å². The van der Waals surface area contributed by atoms with Crippen molar-refractivity contribution in [2.75, 3.05) is 13.4 Å². The van der Waals surface area contributed by atoms with Crippen molar-refractivity contribution in [3.05, 3.63) is 0 Å². The van der Waals surface area contributed by atoms with Gasteiger partial charge in [0.1, 0.15) is 32.4 Å². The second kappa shape index (κ2) is 4.41. The summed E-state index contributed by atoms with van der Waals surface area (Å²) in [6, 6.07) is -0.166. The molecule has 2 unspecified atom stereocenters. The molecule has 0 aliphatic carbocycles. The maximum atomic E-state index is 10.6. The lowest BCUT2D eigenvalue weighted by atomic mass is 9.77. The Hall–Kier alpha value is -0.0951. The zero-order chi connectivity index (χ0) is 10.9. The Bertz CT molecular complexity index is 225. The summed E-state index contributed by atoms with van der Waals surface area (Å²) in [4.78, 5) is 0. The maximum absolute atomic E-state index is 10.6. The van der Waals surface area contributed by atoms with E-state index in [2.05, 4.69) is 6.92 Å². The van der Waals surface area contributed by atoms with Gasteiger partial charge in [0.15, 0.2) is 0 Å². The van der Waals surface area contributed by atoms with E-state index in [-0.39, 0.29) is 25.0 Å². The summed E-state index contributed by atoms with van der Waals surface area (Å²) < 4.78 is 16.3. The lowest BCUT2D eigenvalue weighted by Crippen LogP contribution is -2.52. The molecular weight excluding hydrogens is 195 g/mol. The van der Waals surface area contributed by atoms with Crippen molar-refractivity contribution in [3.63, 3.8) is 0 Å². The second-order valence-corrected chi connectivity index (χ2v) is 4.49. The van der Waals surface area contributed by atoms with Crippen molar-refractivity contribution in [2.45, 2.75) is 50.0 Å². The molecule has 0 aromatic heterocycles. The lowest BCUT2D eigenvalue weighted by molar-refractivity contribution is -0.204. The highest BCUT2D eigenvalue weighted by Crippen LogP contribution is 2.37. The van der Waals surface area contributed by atoms with Crippen LogP contribution in [0.3, 0.4) is 0 Å². The molecule has 0 saturated carbocycles. The van der Waals surface area contributed by atoms with Crippen LogP contribution in [0, 0.1) is 0 Å². The first-order valence-corrected chi connectivity index (χ1v) is 5.75. The van der Waals surface area contributed by atoms with E-state index in [1.807, 2.05) is 7.85 Å². The predicted molar refractivity (Wildman–Crippen MR) is 57.4 cm³/mol. The summed E-state index contributed by atoms with van der Waals surface area (Å²) in [5, 5.41) is 10.6. The number of hydrogen-bond acceptors (Lipinski definition) is 4. The number of hydrogen-bond donors (Lipinski definition) is 1. The predicted octanol–water partition coefficient (Wildman–Crippen LogP) is -0.361. The van der Waals surface area contributed by atoms with Gasteiger partial charge in [-0.15, -0.1) is 0 Å². The Morgan fingerprint density at radius 2 is 2.33 bits per heavy atom. The zero-order valence-corrected chi connectivity index (χ0v) is 9.44. The van der Waals surface area contributed by atoms with Gasteiger partial charge in [0, 0.05) is 0 Å². The first kappa shape index (κ1) is 11.4. The molecule has 4 atom stereocenters. The number of fused-ring (bicyclic) bond motifs is 1. The molecule has 0 spiro atoms. The first-order valence-electron chi connectivity index (χ1n) is 5.75. The molecule has 0 aromatic carbocycles. The molecule has 0 amide bonds. The molecule has 4 nitrogen and oxygen atoms in total. The van der Waals surface area contributed by atoms with E-state index in [9.17, 15) is 5.11 Å². The average molecular weight is 214 g/mol. The van der Waals surface area contributed by atoms with Crippen LogP contribution in [-0.4, -0.2) is 50.2 Å². The van der Waals surface area contributed by atoms with Gasteiger partial charge in [-0.3, -0.25) is 0 Å². The van der Waals surface area contributed by atoms with Crippen LogP contribution in [0.4, 0.5) is 0 Å². The molecule has 5 heteroatoms. The normalized spacial score (nSPS) is 45.3. The van der Waals surface area contributed by atoms with Crippen LogP contribution in [0.2, 0.25) is 0 Å². The summed E-state index contributed by atoms with van der Waals surface area (Å²) in [6.45, 7) is 2.92. The van der Waals surface area contributed by atoms with Gasteiger partial charge in [-0.2, -0.15) is 0 Å². The summed E-state index contributed by atoms with van der Waals surface area (Å²) >= 11 is 0. The fraction of sp³-hybridized carbons (Fsp3) is 1.00. The van der Waals surface area contributed by atoms with Crippen LogP contribution in [0.15, 0.2) is 0 Å². The Morgan fingerprint density at radius 1 is 1.53 bits per heavy atom. The topological polar surface area (TPSA) is 47.9 Å². The quantitative estimate of drug-likeness (QED) is 0.651. The van der Waals surface area contributed by atoms with Gasteiger partial charge in [0.05, 0.1) is 12.6 Å². The number of unbranched alkanes of at least 4 members (excludes halogenated alkanes) is 1. The molecule has 0 radical (unpaired) electrons. The largest absolute Gasteiger partial charge is 0.385 e. The van der Waals surface area contributed by atoms with E-state index in [0.29, 0.717) is 6.61 Å². The highest BCUT2D eigenvalue weighted by molar-refractivity contribution is 6.12. The van der Waals surface area contributed by atoms with E-state index < -0.39 is 5.60 Å². The second-order valence-electron chi connectivity index (χ2n) is 4.49. The van der Waals surface area contributed by atoms with Crippen LogP contribution in [0.5, 0.6) is 0 Å². The highest BCUT2D eigenvalue weighted by Gasteiger charge is 2.54. The number of aliphatic hydroxyl groups is 1. The van der Waals surface area contributed by atoms with Crippen LogP contribution in [0.25, 0.3) is 0 Å². The molecule has 1 N–H and O–H groups in total. The summed E-state index contributed by atoms with van der Waals surface area (Å²) in [5.41, 5.74) is -0.829. The molecular formula is C10H19BO4. The molecule has 0 bridgehead atoms. The molecule has 0 aromatic rings. The Kier molecular flexibility index (Phi) is 3.35. The smallest absolute Gasteiger partial charge is 0.147 e. The minimum Gasteiger partial charge on any atom is -0.385 e. The van der Waals surface area contributed by atoms with Crippen molar-refractivity contribution in [2.24, 2.45) is 0 Å². The van der Waals surface area contributed by atoms with Crippen LogP contribution >= 0.6 is 0 Å². The average Bonchev–Trinajstić information content (AvgIpc) is 2.50. The van der Waals surface area contributed by atoms with E-state index in [1.54, 1.807) is 0 Å². The van der Waals surface area contributed by atoms with Crippen LogP contribution in [0.1, 0.15) is 26.2 Å². The third kappa shape index (κ3) is 1.94. The van der Waals surface area contributed by atoms with Crippen LogP contribution in [-0.2, 0) is 14.2 Å². The van der Waals surface area contributed by atoms with Gasteiger partial charge in [-0.1, -0.05) is 19.8 Å². The molecule has 2 aliphatic heterocycles. The van der Waals surface area contributed by atoms with E-state index >= 15 is 0 Å². The number of rotatable bonds is 3. The van der Waals surface area contributed by atoms with Crippen molar-refractivity contribution in [1.29, 1.82) is 0 Å². The Labute approximate surface area is 91.3 Å². The van der Waals surface area contributed by atoms with Crippen molar-refractivity contribution in [1.82, 2.24) is 0 Å². The van der Waals surface area contributed by atoms with Gasteiger partial charge in [0.25, 0.3) is 0 Å². The molecule has 2 aliphatic rings. The van der Waals surface area contributed by atoms with Gasteiger partial charge in [0.2, 0.25) is 0 Å². The minimum atomic E-state index is -0.829. The molecule has 2 fully saturated rings. The molecule has 2 saturated heterocycles. The fourth-order valence-corrected chi connectivity index (χ4v) is 2.47. The molecule has 15 heavy (non-hydrogen) atoms. The highest BCUT2D eigenvalue weighted by atomic mass is 16.7. The van der Waals surface area contributed by atoms with Crippen molar-refractivity contribution >= 4 is 7.85 Å². The van der Waals surface area contributed by atoms with Crippen molar-refractivity contribution in [3.8, 4) is 0 Å². The summed E-state index contributed by atoms with van der Waals surface area (Å²) in [6.07, 6.45) is 2.50. The SMILES string of the molecule is BC1OC2COCO[C@H]2[C@@]1(O)CCCC. The third-order valence-corrected chi connectivity index (χ3v) is 3.46. The number of ether oxygens (including phenoxy) is 3. The Balaban J connectivity index is 2.07. The van der Waals surface area contributed by atoms with E-state index in [0.717, 1.165) is 19.3 Å². The summed E-state index contributed by atoms with van der Waals surface area (Å²) in [7, 11) is 1.91. The Morgan fingerprint density at radius 3 is 3.07 bits per heavy atom. The van der Waals surface area contributed by atoms with E-state index in [1.165, 1.54) is 0 Å². The van der Waals surface area contributed by atoms with Crippen molar-refractivity contribution < 1.29 is 19.3 Å². The summed E-state index contributed by atoms with van der Waals surface area (Å²) in [5.74, 6) is 0. The fourth-order valence-electron chi connectivity index (χ4n) is 2.47. The van der Waals surface area contributed by atoms with Gasteiger partial charge >= 0.3 is 0 Å². The molecule has 2 rings (SSSR count). The lowest BCUT2D eigenvalue weighted by Gasteiger charge is -2.34. The van der Waals surface area contributed by atoms with Gasteiger partial charge in [-0.25, -0.2) is 0 Å². The molecule has 2 heterocycles. The first-order chi connectivity index (χ1) is 7.18. The van der Waals surface area contributed by atoms with Gasteiger partial charge in [-0.05, 0) is 6.42 Å². The third-order valence-electron chi connectivity index (χ3n) is 3.46. The van der Waals surface area contributed by atoms with Gasteiger partial charge < -0.3 is 19.3 Å².